The van der Waals surface area contributed by atoms with Gasteiger partial charge in [-0.3, -0.25) is 9.59 Å². The van der Waals surface area contributed by atoms with Crippen LogP contribution in [0.1, 0.15) is 35.2 Å². The molecule has 2 rings (SSSR count). The third-order valence-corrected chi connectivity index (χ3v) is 4.85. The molecule has 7 heteroatoms. The first-order valence-electron chi connectivity index (χ1n) is 9.60. The van der Waals surface area contributed by atoms with Crippen molar-refractivity contribution in [1.29, 1.82) is 0 Å². The number of hydrogen-bond donors (Lipinski definition) is 1. The van der Waals surface area contributed by atoms with Crippen molar-refractivity contribution in [3.05, 3.63) is 52.6 Å². The number of aryl methyl sites for hydroxylation is 2. The lowest BCUT2D eigenvalue weighted by Gasteiger charge is -2.16. The second kappa shape index (κ2) is 10.5. The molecule has 1 amide bonds. The summed E-state index contributed by atoms with van der Waals surface area (Å²) < 4.78 is 21.0. The van der Waals surface area contributed by atoms with Crippen molar-refractivity contribution in [1.82, 2.24) is 5.32 Å². The smallest absolute Gasteiger partial charge is 0.310 e. The summed E-state index contributed by atoms with van der Waals surface area (Å²) in [6.07, 6.45) is -0.0310. The standard InChI is InChI=1S/C23H29NO6/c1-14-7-8-18(9-15(14)2)16(3)24-21(25)13-30-22(26)12-17-10-19(27-4)23(29-6)20(11-17)28-5/h7-11,16H,12-13H2,1-6H3,(H,24,25)/t16-/m0/s1. The van der Waals surface area contributed by atoms with Gasteiger partial charge in [-0.15, -0.1) is 0 Å². The van der Waals surface area contributed by atoms with E-state index in [0.29, 0.717) is 22.8 Å². The van der Waals surface area contributed by atoms with Gasteiger partial charge in [-0.05, 0) is 55.2 Å². The van der Waals surface area contributed by atoms with Gasteiger partial charge < -0.3 is 24.3 Å². The van der Waals surface area contributed by atoms with Crippen molar-refractivity contribution in [2.24, 2.45) is 0 Å². The average Bonchev–Trinajstić information content (AvgIpc) is 2.73. The largest absolute Gasteiger partial charge is 0.493 e. The number of ether oxygens (including phenoxy) is 4. The van der Waals surface area contributed by atoms with Crippen molar-refractivity contribution in [2.45, 2.75) is 33.2 Å². The van der Waals surface area contributed by atoms with Gasteiger partial charge in [0.1, 0.15) is 0 Å². The molecule has 162 valence electrons. The van der Waals surface area contributed by atoms with Crippen LogP contribution in [0.4, 0.5) is 0 Å². The Kier molecular flexibility index (Phi) is 8.09. The Labute approximate surface area is 177 Å². The zero-order valence-corrected chi connectivity index (χ0v) is 18.3. The van der Waals surface area contributed by atoms with Crippen LogP contribution in [0.3, 0.4) is 0 Å². The monoisotopic (exact) mass is 415 g/mol. The van der Waals surface area contributed by atoms with Crippen molar-refractivity contribution < 1.29 is 28.5 Å². The van der Waals surface area contributed by atoms with Gasteiger partial charge in [-0.2, -0.15) is 0 Å². The van der Waals surface area contributed by atoms with Crippen LogP contribution in [0.5, 0.6) is 17.2 Å². The number of hydrogen-bond acceptors (Lipinski definition) is 6. The van der Waals surface area contributed by atoms with Crippen LogP contribution in [0, 0.1) is 13.8 Å². The molecule has 0 unspecified atom stereocenters. The van der Waals surface area contributed by atoms with Gasteiger partial charge in [-0.1, -0.05) is 18.2 Å². The molecule has 0 saturated carbocycles. The molecule has 2 aromatic rings. The topological polar surface area (TPSA) is 83.1 Å². The first kappa shape index (κ1) is 23.1. The molecule has 0 aromatic heterocycles. The molecular formula is C23H29NO6. The molecule has 0 bridgehead atoms. The highest BCUT2D eigenvalue weighted by Gasteiger charge is 2.17. The normalized spacial score (nSPS) is 11.4. The number of carbonyl (C=O) groups excluding carboxylic acids is 2. The molecule has 0 aliphatic rings. The molecule has 0 heterocycles. The lowest BCUT2D eigenvalue weighted by atomic mass is 10.0. The number of rotatable bonds is 9. The maximum absolute atomic E-state index is 12.2. The second-order valence-electron chi connectivity index (χ2n) is 7.00. The van der Waals surface area contributed by atoms with Gasteiger partial charge >= 0.3 is 5.97 Å². The first-order chi connectivity index (χ1) is 14.3. The number of benzene rings is 2. The lowest BCUT2D eigenvalue weighted by molar-refractivity contribution is -0.148. The summed E-state index contributed by atoms with van der Waals surface area (Å²) in [5.41, 5.74) is 3.97. The van der Waals surface area contributed by atoms with Gasteiger partial charge in [0.05, 0.1) is 33.8 Å². The summed E-state index contributed by atoms with van der Waals surface area (Å²) in [6, 6.07) is 9.19. The molecule has 0 radical (unpaired) electrons. The van der Waals surface area contributed by atoms with E-state index in [4.69, 9.17) is 18.9 Å². The minimum absolute atomic E-state index is 0.0310. The summed E-state index contributed by atoms with van der Waals surface area (Å²) in [7, 11) is 4.51. The van der Waals surface area contributed by atoms with Gasteiger partial charge in [0.25, 0.3) is 5.91 Å². The van der Waals surface area contributed by atoms with Gasteiger partial charge in [0, 0.05) is 0 Å². The first-order valence-corrected chi connectivity index (χ1v) is 9.60. The number of nitrogens with one attached hydrogen (secondary N) is 1. The zero-order valence-electron chi connectivity index (χ0n) is 18.3. The Hall–Kier alpha value is -3.22. The molecular weight excluding hydrogens is 386 g/mol. The summed E-state index contributed by atoms with van der Waals surface area (Å²) in [6.45, 7) is 5.60. The molecule has 0 aliphatic heterocycles. The van der Waals surface area contributed by atoms with Gasteiger partial charge in [0.15, 0.2) is 18.1 Å². The summed E-state index contributed by atoms with van der Waals surface area (Å²) in [4.78, 5) is 24.4. The fraction of sp³-hybridized carbons (Fsp3) is 0.391. The summed E-state index contributed by atoms with van der Waals surface area (Å²) in [5.74, 6) is 0.438. The lowest BCUT2D eigenvalue weighted by Crippen LogP contribution is -2.31. The van der Waals surface area contributed by atoms with Crippen LogP contribution in [0.15, 0.2) is 30.3 Å². The van der Waals surface area contributed by atoms with Crippen LogP contribution in [-0.4, -0.2) is 39.8 Å². The minimum Gasteiger partial charge on any atom is -0.493 e. The van der Waals surface area contributed by atoms with E-state index in [1.165, 1.54) is 26.9 Å². The molecule has 1 atom stereocenters. The van der Waals surface area contributed by atoms with Crippen LogP contribution in [-0.2, 0) is 20.7 Å². The Morgan fingerprint density at radius 2 is 1.57 bits per heavy atom. The van der Waals surface area contributed by atoms with E-state index in [-0.39, 0.29) is 25.0 Å². The second-order valence-corrected chi connectivity index (χ2v) is 7.00. The molecule has 0 aliphatic carbocycles. The number of carbonyl (C=O) groups is 2. The Balaban J connectivity index is 1.92. The van der Waals surface area contributed by atoms with Gasteiger partial charge in [0.2, 0.25) is 5.75 Å². The van der Waals surface area contributed by atoms with E-state index >= 15 is 0 Å². The van der Waals surface area contributed by atoms with Crippen molar-refractivity contribution in [2.75, 3.05) is 27.9 Å². The minimum atomic E-state index is -0.529. The van der Waals surface area contributed by atoms with Crippen LogP contribution >= 0.6 is 0 Å². The maximum Gasteiger partial charge on any atom is 0.310 e. The molecule has 0 saturated heterocycles. The van der Waals surface area contributed by atoms with E-state index in [2.05, 4.69) is 5.32 Å². The van der Waals surface area contributed by atoms with Crippen LogP contribution in [0.2, 0.25) is 0 Å². The third-order valence-electron chi connectivity index (χ3n) is 4.85. The van der Waals surface area contributed by atoms with E-state index in [9.17, 15) is 9.59 Å². The summed E-state index contributed by atoms with van der Waals surface area (Å²) >= 11 is 0. The fourth-order valence-electron chi connectivity index (χ4n) is 3.00. The number of esters is 1. The Bertz CT molecular complexity index is 884. The highest BCUT2D eigenvalue weighted by Crippen LogP contribution is 2.38. The van der Waals surface area contributed by atoms with Crippen LogP contribution < -0.4 is 19.5 Å². The van der Waals surface area contributed by atoms with Crippen molar-refractivity contribution in [3.8, 4) is 17.2 Å². The predicted molar refractivity (Wildman–Crippen MR) is 113 cm³/mol. The van der Waals surface area contributed by atoms with Crippen LogP contribution in [0.25, 0.3) is 0 Å². The molecule has 1 N–H and O–H groups in total. The zero-order chi connectivity index (χ0) is 22.3. The SMILES string of the molecule is COc1cc(CC(=O)OCC(=O)N[C@@H](C)c2ccc(C)c(C)c2)cc(OC)c1OC. The summed E-state index contributed by atoms with van der Waals surface area (Å²) in [5, 5.41) is 2.84. The number of amides is 1. The quantitative estimate of drug-likeness (QED) is 0.633. The van der Waals surface area contributed by atoms with E-state index in [0.717, 1.165) is 11.1 Å². The van der Waals surface area contributed by atoms with Crippen molar-refractivity contribution in [3.63, 3.8) is 0 Å². The molecule has 0 fully saturated rings. The average molecular weight is 415 g/mol. The predicted octanol–water partition coefficient (Wildman–Crippen LogP) is 3.29. The van der Waals surface area contributed by atoms with E-state index in [1.54, 1.807) is 12.1 Å². The Morgan fingerprint density at radius 3 is 2.10 bits per heavy atom. The Morgan fingerprint density at radius 1 is 0.933 bits per heavy atom. The van der Waals surface area contributed by atoms with Crippen molar-refractivity contribution >= 4 is 11.9 Å². The van der Waals surface area contributed by atoms with Gasteiger partial charge in [-0.25, -0.2) is 0 Å². The molecule has 2 aromatic carbocycles. The molecule has 7 nitrogen and oxygen atoms in total. The highest BCUT2D eigenvalue weighted by atomic mass is 16.5. The fourth-order valence-corrected chi connectivity index (χ4v) is 3.00. The maximum atomic E-state index is 12.2. The highest BCUT2D eigenvalue weighted by molar-refractivity contribution is 5.81. The molecule has 30 heavy (non-hydrogen) atoms. The number of methoxy groups -OCH3 is 3. The van der Waals surface area contributed by atoms with E-state index in [1.807, 2.05) is 39.0 Å². The third kappa shape index (κ3) is 5.89. The molecule has 0 spiro atoms. The van der Waals surface area contributed by atoms with E-state index < -0.39 is 5.97 Å².